The molecule has 6 N–H and O–H groups in total. The van der Waals surface area contributed by atoms with Crippen LogP contribution < -0.4 is 0 Å². The van der Waals surface area contributed by atoms with Gasteiger partial charge in [0.1, 0.15) is 0 Å². The van der Waals surface area contributed by atoms with Gasteiger partial charge in [0.05, 0.1) is 70.8 Å². The van der Waals surface area contributed by atoms with E-state index in [1.807, 2.05) is 320 Å². The van der Waals surface area contributed by atoms with E-state index in [9.17, 15) is 25.5 Å². The molecule has 0 fully saturated rings. The Morgan fingerprint density at radius 1 is 0.300 bits per heavy atom. The molecule has 0 saturated heterocycles. The first kappa shape index (κ1) is 94.3. The number of benzene rings is 9. The molecule has 0 aliphatic rings. The Labute approximate surface area is 695 Å². The standard InChI is InChI=1S/3C22H15N2.C12H26O2.C9H20O2.C8H18O2.3Ir/c3*1-4-10-17(11-5-1)20-16-23-21(18-12-6-2-7-13-18)22(24-20)19-14-8-3-9-15-19;1-7-12(5,6)10(14)8-9(13)11(2,3)4;1-6(2)8(10)5-9(11)7(3)4;1-6(9)5-7(10)8(2,3)4;;;/h3*1-12,14-16H;9-10,13-14H,7-8H2,1-6H3;6-11H,5H2,1-4H3;6-7,9-10H,5H2,1-4H3;;;/q3*-1;;;;;;. The first-order valence-electron chi connectivity index (χ1n) is 37.1. The fourth-order valence-electron chi connectivity index (χ4n) is 10.6. The average molecular weight is 2010 g/mol. The minimum absolute atomic E-state index is 0. The normalized spacial score (nSPS) is 12.6. The van der Waals surface area contributed by atoms with Crippen molar-refractivity contribution < 1.29 is 91.0 Å². The van der Waals surface area contributed by atoms with Crippen LogP contribution in [0.4, 0.5) is 0 Å². The predicted molar refractivity (Wildman–Crippen MR) is 440 cm³/mol. The van der Waals surface area contributed by atoms with Crippen molar-refractivity contribution in [1.82, 2.24) is 29.9 Å². The number of aromatic nitrogens is 6. The molecule has 0 amide bonds. The maximum Gasteiger partial charge on any atom is 0.0873 e. The van der Waals surface area contributed by atoms with Crippen LogP contribution in [-0.2, 0) is 60.3 Å². The van der Waals surface area contributed by atoms with Gasteiger partial charge in [0.25, 0.3) is 0 Å². The smallest absolute Gasteiger partial charge is 0.0873 e. The molecule has 0 aliphatic heterocycles. The summed E-state index contributed by atoms with van der Waals surface area (Å²) < 4.78 is 0. The molecule has 110 heavy (non-hydrogen) atoms. The molecule has 9 aromatic carbocycles. The quantitative estimate of drug-likeness (QED) is 0.0420. The van der Waals surface area contributed by atoms with E-state index < -0.39 is 24.4 Å². The van der Waals surface area contributed by atoms with Crippen LogP contribution in [0.5, 0.6) is 0 Å². The molecule has 6 unspecified atom stereocenters. The zero-order chi connectivity index (χ0) is 77.5. The summed E-state index contributed by atoms with van der Waals surface area (Å²) in [6.45, 7) is 27.5. The molecule has 12 nitrogen and oxygen atoms in total. The number of hydrogen-bond acceptors (Lipinski definition) is 12. The molecule has 12 rings (SSSR count). The van der Waals surface area contributed by atoms with Crippen LogP contribution in [0.3, 0.4) is 0 Å². The summed E-state index contributed by atoms with van der Waals surface area (Å²) in [5.41, 5.74) is 16.6. The Morgan fingerprint density at radius 2 is 0.545 bits per heavy atom. The fourth-order valence-corrected chi connectivity index (χ4v) is 10.6. The second-order valence-corrected chi connectivity index (χ2v) is 30.2. The van der Waals surface area contributed by atoms with Gasteiger partial charge in [0, 0.05) is 119 Å². The number of aliphatic hydroxyl groups is 6. The minimum atomic E-state index is -0.441. The number of aliphatic hydroxyl groups excluding tert-OH is 6. The average Bonchev–Trinajstić information content (AvgIpc) is 0.807. The van der Waals surface area contributed by atoms with Crippen molar-refractivity contribution >= 4 is 0 Å². The Morgan fingerprint density at radius 3 is 0.755 bits per heavy atom. The molecule has 0 spiro atoms. The van der Waals surface area contributed by atoms with Crippen LogP contribution in [0.1, 0.15) is 123 Å². The number of nitrogens with zero attached hydrogens (tertiary/aromatic N) is 6. The molecule has 0 aliphatic carbocycles. The molecular formula is C95H109Ir3N6O6-3. The van der Waals surface area contributed by atoms with Crippen molar-refractivity contribution in [3.05, 3.63) is 292 Å². The van der Waals surface area contributed by atoms with E-state index in [0.717, 1.165) is 108 Å². The van der Waals surface area contributed by atoms with Gasteiger partial charge in [-0.3, -0.25) is 15.0 Å². The second kappa shape index (κ2) is 47.3. The summed E-state index contributed by atoms with van der Waals surface area (Å²) in [5.74, 6) is 0.479. The van der Waals surface area contributed by atoms with E-state index in [1.165, 1.54) is 0 Å². The van der Waals surface area contributed by atoms with Gasteiger partial charge in [-0.05, 0) is 71.0 Å². The largest absolute Gasteiger partial charge is 0.393 e. The molecule has 15 heteroatoms. The summed E-state index contributed by atoms with van der Waals surface area (Å²) in [6, 6.07) is 94.2. The maximum absolute atomic E-state index is 9.95. The molecule has 3 heterocycles. The Balaban J connectivity index is 0.000000287. The van der Waals surface area contributed by atoms with Crippen molar-refractivity contribution in [1.29, 1.82) is 0 Å². The Hall–Kier alpha value is -8.07. The van der Waals surface area contributed by atoms with Crippen LogP contribution in [0.25, 0.3) is 101 Å². The van der Waals surface area contributed by atoms with E-state index in [0.29, 0.717) is 19.3 Å². The molecule has 6 atom stereocenters. The van der Waals surface area contributed by atoms with E-state index in [-0.39, 0.29) is 101 Å². The molecule has 3 aromatic heterocycles. The van der Waals surface area contributed by atoms with Gasteiger partial charge in [-0.2, -0.15) is 0 Å². The molecule has 585 valence electrons. The molecule has 12 aromatic rings. The van der Waals surface area contributed by atoms with Crippen molar-refractivity contribution in [3.8, 4) is 101 Å². The summed E-state index contributed by atoms with van der Waals surface area (Å²) in [7, 11) is 0. The van der Waals surface area contributed by atoms with Crippen molar-refractivity contribution in [3.63, 3.8) is 0 Å². The van der Waals surface area contributed by atoms with Gasteiger partial charge in [0.15, 0.2) is 0 Å². The van der Waals surface area contributed by atoms with Gasteiger partial charge < -0.3 is 45.6 Å². The summed E-state index contributed by atoms with van der Waals surface area (Å²) in [6.07, 6.45) is 5.41. The van der Waals surface area contributed by atoms with E-state index in [1.54, 1.807) is 6.92 Å². The third-order valence-corrected chi connectivity index (χ3v) is 18.4. The molecule has 3 radical (unpaired) electrons. The van der Waals surface area contributed by atoms with Gasteiger partial charge >= 0.3 is 0 Å². The first-order valence-corrected chi connectivity index (χ1v) is 37.1. The Kier molecular flexibility index (Phi) is 40.6. The van der Waals surface area contributed by atoms with Crippen LogP contribution >= 0.6 is 0 Å². The van der Waals surface area contributed by atoms with E-state index in [4.69, 9.17) is 35.0 Å². The van der Waals surface area contributed by atoms with E-state index in [2.05, 4.69) is 61.5 Å². The van der Waals surface area contributed by atoms with Crippen LogP contribution in [-0.4, -0.2) is 97.2 Å². The summed E-state index contributed by atoms with van der Waals surface area (Å²) in [5, 5.41) is 56.9. The zero-order valence-electron chi connectivity index (χ0n) is 65.8. The van der Waals surface area contributed by atoms with Gasteiger partial charge in [0.2, 0.25) is 0 Å². The molecular weight excluding hydrogens is 1900 g/mol. The van der Waals surface area contributed by atoms with Crippen molar-refractivity contribution in [2.24, 2.45) is 28.1 Å². The van der Waals surface area contributed by atoms with Crippen molar-refractivity contribution in [2.45, 2.75) is 159 Å². The van der Waals surface area contributed by atoms with Crippen LogP contribution in [0.2, 0.25) is 0 Å². The van der Waals surface area contributed by atoms with Crippen LogP contribution in [0.15, 0.2) is 273 Å². The van der Waals surface area contributed by atoms with Crippen LogP contribution in [0, 0.1) is 46.3 Å². The third kappa shape index (κ3) is 30.2. The molecule has 0 bridgehead atoms. The first-order chi connectivity index (χ1) is 51.1. The topological polar surface area (TPSA) is 199 Å². The SMILES string of the molecule is CC(C)C(O)CC(O)C(C)C.CC(O)CC(O)C(C)(C)C.CCC(C)(C)C(O)CC(O)C(C)(C)C.[Ir].[Ir].[Ir].[c-]1ccccc1-c1ncc(-c2ccccc2)nc1-c1ccccc1.[c-]1ccccc1-c1ncc(-c2ccccc2)nc1-c1ccccc1.[c-]1ccccc1-c1ncc(-c2ccccc2)nc1-c1ccccc1. The predicted octanol–water partition coefficient (Wildman–Crippen LogP) is 21.0. The second-order valence-electron chi connectivity index (χ2n) is 30.2. The molecule has 0 saturated carbocycles. The maximum atomic E-state index is 9.95. The summed E-state index contributed by atoms with van der Waals surface area (Å²) >= 11 is 0. The van der Waals surface area contributed by atoms with Crippen molar-refractivity contribution in [2.75, 3.05) is 0 Å². The minimum Gasteiger partial charge on any atom is -0.393 e. The number of rotatable bonds is 19. The van der Waals surface area contributed by atoms with Gasteiger partial charge in [-0.1, -0.05) is 272 Å². The zero-order valence-corrected chi connectivity index (χ0v) is 73.0. The third-order valence-electron chi connectivity index (χ3n) is 18.4. The summed E-state index contributed by atoms with van der Waals surface area (Å²) in [4.78, 5) is 28.8. The number of hydrogen-bond donors (Lipinski definition) is 6. The monoisotopic (exact) mass is 2010 g/mol. The fraction of sp³-hybridized carbons (Fsp3) is 0.305. The van der Waals surface area contributed by atoms with Gasteiger partial charge in [-0.25, -0.2) is 0 Å². The van der Waals surface area contributed by atoms with E-state index >= 15 is 0 Å². The Bertz CT molecular complexity index is 4070. The van der Waals surface area contributed by atoms with Gasteiger partial charge in [-0.15, -0.1) is 108 Å².